The average Bonchev–Trinajstić information content (AvgIpc) is 3.09. The molecule has 1 atom stereocenters. The molecule has 5 nitrogen and oxygen atoms in total. The SMILES string of the molecule is CCNC(=NCCOCC1CCCO1)N(C)Cc1ccccc1Br.I. The second-order valence-corrected chi connectivity index (χ2v) is 6.75. The van der Waals surface area contributed by atoms with Crippen LogP contribution in [-0.2, 0) is 16.0 Å². The Morgan fingerprint density at radius 3 is 2.92 bits per heavy atom. The van der Waals surface area contributed by atoms with E-state index in [0.29, 0.717) is 19.8 Å². The van der Waals surface area contributed by atoms with Gasteiger partial charge in [-0.1, -0.05) is 34.1 Å². The Bertz CT molecular complexity index is 525. The molecule has 1 N–H and O–H groups in total. The minimum Gasteiger partial charge on any atom is -0.377 e. The van der Waals surface area contributed by atoms with E-state index in [2.05, 4.69) is 56.3 Å². The highest BCUT2D eigenvalue weighted by Crippen LogP contribution is 2.17. The Morgan fingerprint density at radius 1 is 1.44 bits per heavy atom. The largest absolute Gasteiger partial charge is 0.377 e. The molecular formula is C18H29BrIN3O2. The van der Waals surface area contributed by atoms with Gasteiger partial charge in [-0.15, -0.1) is 24.0 Å². The van der Waals surface area contributed by atoms with Gasteiger partial charge in [0, 0.05) is 31.2 Å². The van der Waals surface area contributed by atoms with E-state index in [-0.39, 0.29) is 30.1 Å². The van der Waals surface area contributed by atoms with Crippen molar-refractivity contribution in [2.45, 2.75) is 32.4 Å². The van der Waals surface area contributed by atoms with Gasteiger partial charge in [-0.3, -0.25) is 4.99 Å². The summed E-state index contributed by atoms with van der Waals surface area (Å²) in [5.41, 5.74) is 1.24. The van der Waals surface area contributed by atoms with Crippen LogP contribution in [0.4, 0.5) is 0 Å². The Morgan fingerprint density at radius 2 is 2.24 bits per heavy atom. The van der Waals surface area contributed by atoms with Crippen LogP contribution in [0.5, 0.6) is 0 Å². The fraction of sp³-hybridized carbons (Fsp3) is 0.611. The van der Waals surface area contributed by atoms with E-state index in [0.717, 1.165) is 43.0 Å². The van der Waals surface area contributed by atoms with E-state index in [1.54, 1.807) is 0 Å². The molecule has 1 aromatic rings. The van der Waals surface area contributed by atoms with Gasteiger partial charge in [-0.05, 0) is 31.4 Å². The zero-order valence-corrected chi connectivity index (χ0v) is 19.0. The first kappa shape index (κ1) is 22.7. The molecule has 0 saturated carbocycles. The van der Waals surface area contributed by atoms with Gasteiger partial charge >= 0.3 is 0 Å². The predicted octanol–water partition coefficient (Wildman–Crippen LogP) is 3.66. The van der Waals surface area contributed by atoms with E-state index in [1.807, 2.05) is 13.1 Å². The van der Waals surface area contributed by atoms with Crippen LogP contribution < -0.4 is 5.32 Å². The highest BCUT2D eigenvalue weighted by atomic mass is 127. The molecule has 1 aromatic carbocycles. The topological polar surface area (TPSA) is 46.1 Å². The Kier molecular flexibility index (Phi) is 11.7. The van der Waals surface area contributed by atoms with Gasteiger partial charge in [-0.2, -0.15) is 0 Å². The van der Waals surface area contributed by atoms with Crippen molar-refractivity contribution in [3.63, 3.8) is 0 Å². The van der Waals surface area contributed by atoms with Crippen molar-refractivity contribution in [2.24, 2.45) is 4.99 Å². The van der Waals surface area contributed by atoms with Crippen molar-refractivity contribution in [1.82, 2.24) is 10.2 Å². The summed E-state index contributed by atoms with van der Waals surface area (Å²) in [4.78, 5) is 6.78. The third-order valence-corrected chi connectivity index (χ3v) is 4.66. The number of aliphatic imine (C=N–C) groups is 1. The maximum atomic E-state index is 5.68. The molecule has 1 saturated heterocycles. The molecule has 1 aliphatic rings. The van der Waals surface area contributed by atoms with Crippen LogP contribution in [0.25, 0.3) is 0 Å². The number of nitrogens with one attached hydrogen (secondary N) is 1. The quantitative estimate of drug-likeness (QED) is 0.243. The van der Waals surface area contributed by atoms with Gasteiger partial charge in [0.1, 0.15) is 0 Å². The number of hydrogen-bond donors (Lipinski definition) is 1. The molecule has 0 aromatic heterocycles. The molecule has 7 heteroatoms. The first-order chi connectivity index (χ1) is 11.7. The van der Waals surface area contributed by atoms with Gasteiger partial charge in [0.25, 0.3) is 0 Å². The predicted molar refractivity (Wildman–Crippen MR) is 117 cm³/mol. The lowest BCUT2D eigenvalue weighted by Crippen LogP contribution is -2.38. The maximum Gasteiger partial charge on any atom is 0.194 e. The first-order valence-electron chi connectivity index (χ1n) is 8.63. The van der Waals surface area contributed by atoms with Crippen molar-refractivity contribution >= 4 is 45.9 Å². The molecule has 1 heterocycles. The summed E-state index contributed by atoms with van der Waals surface area (Å²) < 4.78 is 12.3. The van der Waals surface area contributed by atoms with E-state index in [4.69, 9.17) is 9.47 Å². The van der Waals surface area contributed by atoms with E-state index in [1.165, 1.54) is 5.56 Å². The minimum atomic E-state index is 0. The summed E-state index contributed by atoms with van der Waals surface area (Å²) in [6.07, 6.45) is 2.54. The summed E-state index contributed by atoms with van der Waals surface area (Å²) in [7, 11) is 2.05. The minimum absolute atomic E-state index is 0. The van der Waals surface area contributed by atoms with Gasteiger partial charge in [0.2, 0.25) is 0 Å². The van der Waals surface area contributed by atoms with Crippen molar-refractivity contribution in [3.05, 3.63) is 34.3 Å². The zero-order chi connectivity index (χ0) is 17.2. The van der Waals surface area contributed by atoms with Crippen LogP contribution in [-0.4, -0.2) is 56.9 Å². The molecule has 0 bridgehead atoms. The number of hydrogen-bond acceptors (Lipinski definition) is 3. The van der Waals surface area contributed by atoms with Gasteiger partial charge in [0.05, 0.1) is 25.9 Å². The molecule has 1 unspecified atom stereocenters. The molecule has 0 aliphatic carbocycles. The number of benzene rings is 1. The number of ether oxygens (including phenoxy) is 2. The van der Waals surface area contributed by atoms with Gasteiger partial charge in [-0.25, -0.2) is 0 Å². The van der Waals surface area contributed by atoms with Crippen molar-refractivity contribution in [3.8, 4) is 0 Å². The zero-order valence-electron chi connectivity index (χ0n) is 15.0. The molecule has 1 fully saturated rings. The third-order valence-electron chi connectivity index (χ3n) is 3.89. The molecule has 0 radical (unpaired) electrons. The summed E-state index contributed by atoms with van der Waals surface area (Å²) in [5, 5.41) is 3.33. The van der Waals surface area contributed by atoms with E-state index < -0.39 is 0 Å². The number of halogens is 2. The Balaban J connectivity index is 0.00000312. The molecule has 2 rings (SSSR count). The lowest BCUT2D eigenvalue weighted by atomic mass is 10.2. The fourth-order valence-corrected chi connectivity index (χ4v) is 3.04. The van der Waals surface area contributed by atoms with Crippen molar-refractivity contribution < 1.29 is 9.47 Å². The van der Waals surface area contributed by atoms with Crippen LogP contribution in [0.1, 0.15) is 25.3 Å². The maximum absolute atomic E-state index is 5.68. The molecule has 1 aliphatic heterocycles. The standard InChI is InChI=1S/C18H28BrN3O2.HI/c1-3-20-18(21-10-12-23-14-16-8-6-11-24-16)22(2)13-15-7-4-5-9-17(15)19;/h4-5,7,9,16H,3,6,8,10-14H2,1-2H3,(H,20,21);1H. The first-order valence-corrected chi connectivity index (χ1v) is 9.42. The smallest absolute Gasteiger partial charge is 0.194 e. The summed E-state index contributed by atoms with van der Waals surface area (Å²) >= 11 is 3.60. The number of guanidine groups is 1. The molecule has 25 heavy (non-hydrogen) atoms. The summed E-state index contributed by atoms with van der Waals surface area (Å²) in [6.45, 7) is 6.54. The Hall–Kier alpha value is -0.380. The van der Waals surface area contributed by atoms with E-state index in [9.17, 15) is 0 Å². The fourth-order valence-electron chi connectivity index (χ4n) is 2.63. The van der Waals surface area contributed by atoms with Crippen LogP contribution in [0.3, 0.4) is 0 Å². The monoisotopic (exact) mass is 525 g/mol. The third kappa shape index (κ3) is 8.23. The molecular weight excluding hydrogens is 497 g/mol. The average molecular weight is 526 g/mol. The van der Waals surface area contributed by atoms with Gasteiger partial charge < -0.3 is 19.7 Å². The Labute approximate surface area is 176 Å². The van der Waals surface area contributed by atoms with Crippen LogP contribution in [0.15, 0.2) is 33.7 Å². The summed E-state index contributed by atoms with van der Waals surface area (Å²) in [6, 6.07) is 8.26. The highest BCUT2D eigenvalue weighted by Gasteiger charge is 2.15. The number of rotatable bonds is 8. The number of nitrogens with zero attached hydrogens (tertiary/aromatic N) is 2. The molecule has 0 spiro atoms. The second kappa shape index (κ2) is 12.9. The molecule has 0 amide bonds. The van der Waals surface area contributed by atoms with E-state index >= 15 is 0 Å². The van der Waals surface area contributed by atoms with Crippen molar-refractivity contribution in [2.75, 3.05) is 40.0 Å². The molecule has 142 valence electrons. The van der Waals surface area contributed by atoms with Crippen LogP contribution in [0, 0.1) is 0 Å². The van der Waals surface area contributed by atoms with Gasteiger partial charge in [0.15, 0.2) is 5.96 Å². The van der Waals surface area contributed by atoms with Crippen LogP contribution >= 0.6 is 39.9 Å². The van der Waals surface area contributed by atoms with Crippen LogP contribution in [0.2, 0.25) is 0 Å². The lowest BCUT2D eigenvalue weighted by molar-refractivity contribution is 0.0199. The van der Waals surface area contributed by atoms with Crippen molar-refractivity contribution in [1.29, 1.82) is 0 Å². The lowest BCUT2D eigenvalue weighted by Gasteiger charge is -2.22. The highest BCUT2D eigenvalue weighted by molar-refractivity contribution is 14.0. The second-order valence-electron chi connectivity index (χ2n) is 5.89. The normalized spacial score (nSPS) is 17.2. The summed E-state index contributed by atoms with van der Waals surface area (Å²) in [5.74, 6) is 0.897.